The SMILES string of the molecule is Cc1cc(Br)c(F)c(C2(N)CC2)c1C. The Hall–Kier alpha value is -0.410. The molecular formula is C11H13BrFN. The van der Waals surface area contributed by atoms with E-state index in [4.69, 9.17) is 5.73 Å². The molecule has 1 aliphatic rings. The van der Waals surface area contributed by atoms with Gasteiger partial charge in [-0.05, 0) is 59.8 Å². The van der Waals surface area contributed by atoms with Gasteiger partial charge in [0.1, 0.15) is 5.82 Å². The number of hydrogen-bond acceptors (Lipinski definition) is 1. The van der Waals surface area contributed by atoms with Crippen molar-refractivity contribution in [2.24, 2.45) is 5.73 Å². The van der Waals surface area contributed by atoms with Crippen molar-refractivity contribution in [3.63, 3.8) is 0 Å². The lowest BCUT2D eigenvalue weighted by molar-refractivity contribution is 0.568. The van der Waals surface area contributed by atoms with Crippen molar-refractivity contribution in [2.75, 3.05) is 0 Å². The predicted octanol–water partition coefficient (Wildman–Crippen LogP) is 3.15. The molecule has 1 fully saturated rings. The van der Waals surface area contributed by atoms with Crippen molar-refractivity contribution in [1.29, 1.82) is 0 Å². The molecule has 1 nitrogen and oxygen atoms in total. The van der Waals surface area contributed by atoms with E-state index in [1.807, 2.05) is 13.8 Å². The Labute approximate surface area is 91.6 Å². The van der Waals surface area contributed by atoms with Gasteiger partial charge in [0, 0.05) is 11.1 Å². The Balaban J connectivity index is 2.68. The second kappa shape index (κ2) is 3.04. The third-order valence-corrected chi connectivity index (χ3v) is 3.60. The van der Waals surface area contributed by atoms with Crippen LogP contribution in [0.15, 0.2) is 10.5 Å². The highest BCUT2D eigenvalue weighted by atomic mass is 79.9. The molecule has 0 heterocycles. The van der Waals surface area contributed by atoms with Gasteiger partial charge in [-0.15, -0.1) is 0 Å². The summed E-state index contributed by atoms with van der Waals surface area (Å²) >= 11 is 3.22. The molecule has 0 amide bonds. The molecule has 0 unspecified atom stereocenters. The van der Waals surface area contributed by atoms with Crippen LogP contribution in [0.4, 0.5) is 4.39 Å². The summed E-state index contributed by atoms with van der Waals surface area (Å²) in [6.45, 7) is 3.92. The zero-order chi connectivity index (χ0) is 10.5. The molecule has 1 saturated carbocycles. The summed E-state index contributed by atoms with van der Waals surface area (Å²) in [4.78, 5) is 0. The second-order valence-electron chi connectivity index (χ2n) is 4.15. The molecule has 2 rings (SSSR count). The lowest BCUT2D eigenvalue weighted by atomic mass is 9.95. The molecular weight excluding hydrogens is 245 g/mol. The van der Waals surface area contributed by atoms with E-state index in [0.29, 0.717) is 10.0 Å². The van der Waals surface area contributed by atoms with Crippen LogP contribution in [-0.2, 0) is 5.54 Å². The van der Waals surface area contributed by atoms with Crippen molar-refractivity contribution in [2.45, 2.75) is 32.2 Å². The van der Waals surface area contributed by atoms with Crippen LogP contribution in [-0.4, -0.2) is 0 Å². The number of benzene rings is 1. The van der Waals surface area contributed by atoms with E-state index in [1.54, 1.807) is 6.07 Å². The first-order valence-electron chi connectivity index (χ1n) is 4.70. The fourth-order valence-electron chi connectivity index (χ4n) is 1.82. The summed E-state index contributed by atoms with van der Waals surface area (Å²) in [5.74, 6) is -0.187. The van der Waals surface area contributed by atoms with Gasteiger partial charge in [0.05, 0.1) is 4.47 Å². The van der Waals surface area contributed by atoms with Crippen LogP contribution in [0.5, 0.6) is 0 Å². The van der Waals surface area contributed by atoms with E-state index in [1.165, 1.54) is 0 Å². The van der Waals surface area contributed by atoms with Crippen molar-refractivity contribution in [3.05, 3.63) is 33.0 Å². The van der Waals surface area contributed by atoms with E-state index in [-0.39, 0.29) is 5.82 Å². The molecule has 1 aromatic carbocycles. The standard InChI is InChI=1S/C11H13BrFN/c1-6-5-8(12)10(13)9(7(6)2)11(14)3-4-11/h5H,3-4,14H2,1-2H3. The van der Waals surface area contributed by atoms with Crippen molar-refractivity contribution < 1.29 is 4.39 Å². The first kappa shape index (κ1) is 10.1. The highest BCUT2D eigenvalue weighted by molar-refractivity contribution is 9.10. The number of hydrogen-bond donors (Lipinski definition) is 1. The molecule has 0 atom stereocenters. The topological polar surface area (TPSA) is 26.0 Å². The van der Waals surface area contributed by atoms with Crippen LogP contribution in [0.25, 0.3) is 0 Å². The number of aryl methyl sites for hydroxylation is 1. The molecule has 0 radical (unpaired) electrons. The molecule has 0 bridgehead atoms. The first-order valence-corrected chi connectivity index (χ1v) is 5.49. The van der Waals surface area contributed by atoms with Gasteiger partial charge >= 0.3 is 0 Å². The Morgan fingerprint density at radius 2 is 2.00 bits per heavy atom. The van der Waals surface area contributed by atoms with Gasteiger partial charge in [-0.3, -0.25) is 0 Å². The lowest BCUT2D eigenvalue weighted by Gasteiger charge is -2.17. The fraction of sp³-hybridized carbons (Fsp3) is 0.455. The largest absolute Gasteiger partial charge is 0.321 e. The average molecular weight is 258 g/mol. The minimum absolute atomic E-state index is 0.187. The van der Waals surface area contributed by atoms with Crippen molar-refractivity contribution in [3.8, 4) is 0 Å². The van der Waals surface area contributed by atoms with Gasteiger partial charge < -0.3 is 5.73 Å². The normalized spacial score (nSPS) is 18.4. The third-order valence-electron chi connectivity index (χ3n) is 3.03. The molecule has 0 aromatic heterocycles. The van der Waals surface area contributed by atoms with Crippen LogP contribution in [0, 0.1) is 19.7 Å². The van der Waals surface area contributed by atoms with Gasteiger partial charge in [-0.2, -0.15) is 0 Å². The smallest absolute Gasteiger partial charge is 0.142 e. The Kier molecular flexibility index (Phi) is 2.20. The Morgan fingerprint density at radius 3 is 2.50 bits per heavy atom. The van der Waals surface area contributed by atoms with Crippen LogP contribution in [0.2, 0.25) is 0 Å². The van der Waals surface area contributed by atoms with Crippen LogP contribution in [0.3, 0.4) is 0 Å². The zero-order valence-electron chi connectivity index (χ0n) is 8.32. The minimum atomic E-state index is -0.400. The lowest BCUT2D eigenvalue weighted by Crippen LogP contribution is -2.22. The van der Waals surface area contributed by atoms with Crippen LogP contribution in [0.1, 0.15) is 29.5 Å². The molecule has 0 spiro atoms. The van der Waals surface area contributed by atoms with E-state index >= 15 is 0 Å². The van der Waals surface area contributed by atoms with Crippen LogP contribution >= 0.6 is 15.9 Å². The molecule has 14 heavy (non-hydrogen) atoms. The molecule has 1 aromatic rings. The maximum Gasteiger partial charge on any atom is 0.142 e. The Morgan fingerprint density at radius 1 is 1.43 bits per heavy atom. The highest BCUT2D eigenvalue weighted by Gasteiger charge is 2.43. The quantitative estimate of drug-likeness (QED) is 0.822. The van der Waals surface area contributed by atoms with E-state index in [2.05, 4.69) is 15.9 Å². The molecule has 0 aliphatic heterocycles. The van der Waals surface area contributed by atoms with E-state index in [0.717, 1.165) is 24.0 Å². The van der Waals surface area contributed by atoms with Gasteiger partial charge in [-0.25, -0.2) is 4.39 Å². The molecule has 1 aliphatic carbocycles. The summed E-state index contributed by atoms with van der Waals surface area (Å²) in [5, 5.41) is 0. The van der Waals surface area contributed by atoms with Crippen LogP contribution < -0.4 is 5.73 Å². The van der Waals surface area contributed by atoms with Crippen molar-refractivity contribution in [1.82, 2.24) is 0 Å². The summed E-state index contributed by atoms with van der Waals surface area (Å²) in [5.41, 5.74) is 8.42. The number of rotatable bonds is 1. The molecule has 0 saturated heterocycles. The minimum Gasteiger partial charge on any atom is -0.321 e. The third kappa shape index (κ3) is 1.39. The summed E-state index contributed by atoms with van der Waals surface area (Å²) < 4.78 is 14.4. The van der Waals surface area contributed by atoms with Crippen molar-refractivity contribution >= 4 is 15.9 Å². The second-order valence-corrected chi connectivity index (χ2v) is 5.00. The van der Waals surface area contributed by atoms with E-state index in [9.17, 15) is 4.39 Å². The van der Waals surface area contributed by atoms with Gasteiger partial charge in [0.25, 0.3) is 0 Å². The molecule has 2 N–H and O–H groups in total. The maximum atomic E-state index is 13.9. The van der Waals surface area contributed by atoms with Gasteiger partial charge in [-0.1, -0.05) is 0 Å². The van der Waals surface area contributed by atoms with E-state index < -0.39 is 5.54 Å². The fourth-order valence-corrected chi connectivity index (χ4v) is 2.36. The zero-order valence-corrected chi connectivity index (χ0v) is 9.91. The summed E-state index contributed by atoms with van der Waals surface area (Å²) in [7, 11) is 0. The first-order chi connectivity index (χ1) is 6.46. The Bertz CT molecular complexity index is 371. The molecule has 76 valence electrons. The monoisotopic (exact) mass is 257 g/mol. The maximum absolute atomic E-state index is 13.9. The summed E-state index contributed by atoms with van der Waals surface area (Å²) in [6.07, 6.45) is 1.78. The number of halogens is 2. The average Bonchev–Trinajstić information content (AvgIpc) is 2.81. The molecule has 3 heteroatoms. The highest BCUT2D eigenvalue weighted by Crippen LogP contribution is 2.46. The van der Waals surface area contributed by atoms with Gasteiger partial charge in [0.2, 0.25) is 0 Å². The van der Waals surface area contributed by atoms with Gasteiger partial charge in [0.15, 0.2) is 0 Å². The summed E-state index contributed by atoms with van der Waals surface area (Å²) in [6, 6.07) is 1.81. The predicted molar refractivity (Wildman–Crippen MR) is 58.7 cm³/mol. The number of nitrogens with two attached hydrogens (primary N) is 1.